The Kier molecular flexibility index (Phi) is 11.2. The standard InChI is InChI=1S/C29H33Cl2N3O5S/c1-4-16-32-29(36)27(5-2)33(19-21-10-9-11-23(17-21)39-3)28(35)20-34(22-14-15-25(30)26(31)18-22)40(37,38)24-12-7-6-8-13-24/h6-15,17-18,27H,4-5,16,19-20H2,1-3H3,(H,32,36)/t27-/m0/s1. The smallest absolute Gasteiger partial charge is 0.264 e. The molecule has 0 radical (unpaired) electrons. The number of ether oxygens (including phenoxy) is 1. The van der Waals surface area contributed by atoms with Gasteiger partial charge in [-0.15, -0.1) is 0 Å². The van der Waals surface area contributed by atoms with Gasteiger partial charge in [0, 0.05) is 13.1 Å². The van der Waals surface area contributed by atoms with Crippen molar-refractivity contribution >= 4 is 50.7 Å². The third-order valence-electron chi connectivity index (χ3n) is 6.22. The zero-order valence-electron chi connectivity index (χ0n) is 22.6. The van der Waals surface area contributed by atoms with Crippen molar-refractivity contribution < 1.29 is 22.7 Å². The molecule has 214 valence electrons. The zero-order chi connectivity index (χ0) is 29.3. The molecule has 8 nitrogen and oxygen atoms in total. The number of hydrogen-bond donors (Lipinski definition) is 1. The van der Waals surface area contributed by atoms with Gasteiger partial charge in [0.1, 0.15) is 18.3 Å². The second-order valence-corrected chi connectivity index (χ2v) is 11.7. The maximum Gasteiger partial charge on any atom is 0.264 e. The zero-order valence-corrected chi connectivity index (χ0v) is 25.0. The van der Waals surface area contributed by atoms with Gasteiger partial charge in [-0.3, -0.25) is 13.9 Å². The van der Waals surface area contributed by atoms with Crippen LogP contribution in [0.15, 0.2) is 77.7 Å². The topological polar surface area (TPSA) is 96.0 Å². The normalized spacial score (nSPS) is 11.9. The van der Waals surface area contributed by atoms with Crippen molar-refractivity contribution in [1.82, 2.24) is 10.2 Å². The molecule has 3 rings (SSSR count). The number of carbonyl (C=O) groups is 2. The molecule has 0 heterocycles. The molecule has 0 aliphatic carbocycles. The molecule has 0 aromatic heterocycles. The molecule has 2 amide bonds. The van der Waals surface area contributed by atoms with Crippen LogP contribution in [0.25, 0.3) is 0 Å². The van der Waals surface area contributed by atoms with Crippen molar-refractivity contribution in [2.75, 3.05) is 24.5 Å². The van der Waals surface area contributed by atoms with Crippen LogP contribution in [0, 0.1) is 0 Å². The van der Waals surface area contributed by atoms with Gasteiger partial charge in [-0.2, -0.15) is 0 Å². The molecule has 1 N–H and O–H groups in total. The Hall–Kier alpha value is -3.27. The largest absolute Gasteiger partial charge is 0.497 e. The molecule has 40 heavy (non-hydrogen) atoms. The van der Waals surface area contributed by atoms with Gasteiger partial charge in [-0.25, -0.2) is 8.42 Å². The summed E-state index contributed by atoms with van der Waals surface area (Å²) >= 11 is 12.3. The minimum absolute atomic E-state index is 0.000878. The van der Waals surface area contributed by atoms with Crippen molar-refractivity contribution in [3.8, 4) is 5.75 Å². The van der Waals surface area contributed by atoms with E-state index in [-0.39, 0.29) is 33.1 Å². The van der Waals surface area contributed by atoms with Gasteiger partial charge in [-0.1, -0.05) is 67.4 Å². The van der Waals surface area contributed by atoms with Gasteiger partial charge >= 0.3 is 0 Å². The molecule has 0 saturated carbocycles. The fourth-order valence-electron chi connectivity index (χ4n) is 4.14. The molecule has 0 aliphatic rings. The van der Waals surface area contributed by atoms with Gasteiger partial charge in [-0.05, 0) is 60.9 Å². The Morgan fingerprint density at radius 2 is 1.68 bits per heavy atom. The molecular formula is C29H33Cl2N3O5S. The van der Waals surface area contributed by atoms with Crippen LogP contribution in [0.2, 0.25) is 10.0 Å². The number of carbonyl (C=O) groups excluding carboxylic acids is 2. The van der Waals surface area contributed by atoms with Gasteiger partial charge in [0.25, 0.3) is 10.0 Å². The quantitative estimate of drug-likeness (QED) is 0.276. The first kappa shape index (κ1) is 31.3. The summed E-state index contributed by atoms with van der Waals surface area (Å²) in [5, 5.41) is 3.24. The first-order valence-electron chi connectivity index (χ1n) is 12.8. The second-order valence-electron chi connectivity index (χ2n) is 9.01. The minimum Gasteiger partial charge on any atom is -0.497 e. The summed E-state index contributed by atoms with van der Waals surface area (Å²) in [5.74, 6) is -0.281. The predicted molar refractivity (Wildman–Crippen MR) is 158 cm³/mol. The Balaban J connectivity index is 2.07. The first-order valence-corrected chi connectivity index (χ1v) is 15.0. The number of sulfonamides is 1. The molecule has 3 aromatic carbocycles. The number of nitrogens with zero attached hydrogens (tertiary/aromatic N) is 2. The van der Waals surface area contributed by atoms with E-state index in [0.29, 0.717) is 18.7 Å². The fourth-order valence-corrected chi connectivity index (χ4v) is 5.86. The lowest BCUT2D eigenvalue weighted by molar-refractivity contribution is -0.140. The monoisotopic (exact) mass is 605 g/mol. The SMILES string of the molecule is CCCNC(=O)[C@H](CC)N(Cc1cccc(OC)c1)C(=O)CN(c1ccc(Cl)c(Cl)c1)S(=O)(=O)c1ccccc1. The average Bonchev–Trinajstić information content (AvgIpc) is 2.96. The Morgan fingerprint density at radius 3 is 2.30 bits per heavy atom. The second kappa shape index (κ2) is 14.4. The molecule has 11 heteroatoms. The van der Waals surface area contributed by atoms with Gasteiger partial charge < -0.3 is 15.0 Å². The minimum atomic E-state index is -4.20. The third kappa shape index (κ3) is 7.68. The van der Waals surface area contributed by atoms with E-state index < -0.39 is 28.5 Å². The van der Waals surface area contributed by atoms with E-state index in [0.717, 1.165) is 16.3 Å². The number of hydrogen-bond acceptors (Lipinski definition) is 5. The molecule has 0 spiro atoms. The fraction of sp³-hybridized carbons (Fsp3) is 0.310. The van der Waals surface area contributed by atoms with Crippen LogP contribution in [-0.4, -0.2) is 51.4 Å². The molecular weight excluding hydrogens is 573 g/mol. The van der Waals surface area contributed by atoms with Crippen molar-refractivity contribution in [2.45, 2.75) is 44.2 Å². The summed E-state index contributed by atoms with van der Waals surface area (Å²) in [6.07, 6.45) is 1.05. The highest BCUT2D eigenvalue weighted by Crippen LogP contribution is 2.31. The van der Waals surface area contributed by atoms with Crippen LogP contribution in [0.4, 0.5) is 5.69 Å². The van der Waals surface area contributed by atoms with Gasteiger partial charge in [0.2, 0.25) is 11.8 Å². The Labute approximate surface area is 245 Å². The highest BCUT2D eigenvalue weighted by molar-refractivity contribution is 7.92. The number of halogens is 2. The van der Waals surface area contributed by atoms with Crippen molar-refractivity contribution in [1.29, 1.82) is 0 Å². The van der Waals surface area contributed by atoms with Crippen LogP contribution >= 0.6 is 23.2 Å². The van der Waals surface area contributed by atoms with Crippen LogP contribution in [-0.2, 0) is 26.2 Å². The third-order valence-corrected chi connectivity index (χ3v) is 8.75. The summed E-state index contributed by atoms with van der Waals surface area (Å²) in [4.78, 5) is 28.6. The lowest BCUT2D eigenvalue weighted by Gasteiger charge is -2.33. The highest BCUT2D eigenvalue weighted by Gasteiger charge is 2.33. The molecule has 0 saturated heterocycles. The number of anilines is 1. The summed E-state index contributed by atoms with van der Waals surface area (Å²) in [7, 11) is -2.66. The summed E-state index contributed by atoms with van der Waals surface area (Å²) in [6, 6.07) is 18.5. The molecule has 0 fully saturated rings. The van der Waals surface area contributed by atoms with E-state index in [1.165, 1.54) is 35.2 Å². The number of nitrogens with one attached hydrogen (secondary N) is 1. The van der Waals surface area contributed by atoms with E-state index in [1.807, 2.05) is 13.0 Å². The van der Waals surface area contributed by atoms with Gasteiger partial charge in [0.15, 0.2) is 0 Å². The van der Waals surface area contributed by atoms with Crippen LogP contribution in [0.1, 0.15) is 32.3 Å². The van der Waals surface area contributed by atoms with Crippen LogP contribution in [0.3, 0.4) is 0 Å². The number of rotatable bonds is 13. The maximum absolute atomic E-state index is 14.0. The van der Waals surface area contributed by atoms with E-state index in [9.17, 15) is 18.0 Å². The Bertz CT molecular complexity index is 1420. The summed E-state index contributed by atoms with van der Waals surface area (Å²) in [6.45, 7) is 3.68. The van der Waals surface area contributed by atoms with E-state index in [2.05, 4.69) is 5.32 Å². The molecule has 1 atom stereocenters. The van der Waals surface area contributed by atoms with E-state index in [1.54, 1.807) is 50.4 Å². The van der Waals surface area contributed by atoms with E-state index in [4.69, 9.17) is 27.9 Å². The molecule has 0 bridgehead atoms. The average molecular weight is 607 g/mol. The van der Waals surface area contributed by atoms with E-state index >= 15 is 0 Å². The number of amides is 2. The highest BCUT2D eigenvalue weighted by atomic mass is 35.5. The van der Waals surface area contributed by atoms with Crippen molar-refractivity contribution in [3.05, 3.63) is 88.4 Å². The summed E-state index contributed by atoms with van der Waals surface area (Å²) < 4.78 is 34.0. The number of benzene rings is 3. The lowest BCUT2D eigenvalue weighted by Crippen LogP contribution is -2.52. The van der Waals surface area contributed by atoms with Crippen molar-refractivity contribution in [2.24, 2.45) is 0 Å². The summed E-state index contributed by atoms with van der Waals surface area (Å²) in [5.41, 5.74) is 0.887. The molecule has 0 unspecified atom stereocenters. The van der Waals surface area contributed by atoms with Gasteiger partial charge in [0.05, 0.1) is 27.7 Å². The predicted octanol–water partition coefficient (Wildman–Crippen LogP) is 5.53. The Morgan fingerprint density at radius 1 is 0.950 bits per heavy atom. The molecule has 0 aliphatic heterocycles. The van der Waals surface area contributed by atoms with Crippen molar-refractivity contribution in [3.63, 3.8) is 0 Å². The number of methoxy groups -OCH3 is 1. The first-order chi connectivity index (χ1) is 19.1. The lowest BCUT2D eigenvalue weighted by atomic mass is 10.1. The maximum atomic E-state index is 14.0. The molecule has 3 aromatic rings. The van der Waals surface area contributed by atoms with Crippen LogP contribution < -0.4 is 14.4 Å². The van der Waals surface area contributed by atoms with Crippen LogP contribution in [0.5, 0.6) is 5.75 Å².